The lowest BCUT2D eigenvalue weighted by atomic mass is 9.99. The number of hydrogen-bond acceptors (Lipinski definition) is 3. The fraction of sp³-hybridized carbons (Fsp3) is 0.350. The maximum absolute atomic E-state index is 12.2. The average Bonchev–Trinajstić information content (AvgIpc) is 2.59. The summed E-state index contributed by atoms with van der Waals surface area (Å²) in [6, 6.07) is 15.4. The van der Waals surface area contributed by atoms with Gasteiger partial charge in [-0.3, -0.25) is 4.79 Å². The molecule has 2 atom stereocenters. The zero-order valence-electron chi connectivity index (χ0n) is 14.5. The minimum absolute atomic E-state index is 0.0498. The molecule has 2 N–H and O–H groups in total. The third-order valence-electron chi connectivity index (χ3n) is 3.96. The normalized spacial score (nSPS) is 13.2. The quantitative estimate of drug-likeness (QED) is 0.821. The topological polar surface area (TPSA) is 58.6 Å². The van der Waals surface area contributed by atoms with Crippen molar-refractivity contribution in [3.05, 3.63) is 65.2 Å². The van der Waals surface area contributed by atoms with E-state index < -0.39 is 6.10 Å². The van der Waals surface area contributed by atoms with Gasteiger partial charge in [-0.15, -0.1) is 0 Å². The summed E-state index contributed by atoms with van der Waals surface area (Å²) >= 11 is 0. The number of carbonyl (C=O) groups is 1. The molecule has 0 radical (unpaired) electrons. The number of aliphatic hydroxyl groups is 1. The molecule has 1 amide bonds. The zero-order chi connectivity index (χ0) is 17.5. The van der Waals surface area contributed by atoms with E-state index in [-0.39, 0.29) is 18.4 Å². The Morgan fingerprint density at radius 2 is 1.92 bits per heavy atom. The summed E-state index contributed by atoms with van der Waals surface area (Å²) in [6.07, 6.45) is -0.594. The number of ether oxygens (including phenoxy) is 1. The zero-order valence-corrected chi connectivity index (χ0v) is 14.5. The fourth-order valence-electron chi connectivity index (χ4n) is 2.47. The molecule has 4 nitrogen and oxygen atoms in total. The maximum Gasteiger partial charge on any atom is 0.260 e. The Bertz CT molecular complexity index is 684. The number of rotatable bonds is 7. The highest BCUT2D eigenvalue weighted by Gasteiger charge is 2.16. The van der Waals surface area contributed by atoms with E-state index in [0.29, 0.717) is 12.3 Å². The third-order valence-corrected chi connectivity index (χ3v) is 3.96. The Balaban J connectivity index is 1.87. The van der Waals surface area contributed by atoms with Crippen LogP contribution in [0.25, 0.3) is 0 Å². The molecule has 2 rings (SSSR count). The lowest BCUT2D eigenvalue weighted by molar-refractivity contribution is -0.127. The van der Waals surface area contributed by atoms with Crippen LogP contribution in [0, 0.1) is 6.92 Å². The van der Waals surface area contributed by atoms with Crippen LogP contribution in [-0.4, -0.2) is 23.7 Å². The Labute approximate surface area is 143 Å². The van der Waals surface area contributed by atoms with Gasteiger partial charge in [0.1, 0.15) is 5.75 Å². The van der Waals surface area contributed by atoms with E-state index in [4.69, 9.17) is 9.84 Å². The maximum atomic E-state index is 12.2. The van der Waals surface area contributed by atoms with E-state index in [2.05, 4.69) is 37.4 Å². The summed E-state index contributed by atoms with van der Waals surface area (Å²) in [4.78, 5) is 12.2. The Morgan fingerprint density at radius 1 is 1.17 bits per heavy atom. The number of benzene rings is 2. The second kappa shape index (κ2) is 8.50. The first-order valence-corrected chi connectivity index (χ1v) is 8.20. The molecular weight excluding hydrogens is 302 g/mol. The Hall–Kier alpha value is -2.33. The molecule has 0 spiro atoms. The molecule has 0 aliphatic heterocycles. The first-order valence-electron chi connectivity index (χ1n) is 8.20. The van der Waals surface area contributed by atoms with Crippen molar-refractivity contribution >= 4 is 5.91 Å². The smallest absolute Gasteiger partial charge is 0.260 e. The van der Waals surface area contributed by atoms with Crippen LogP contribution in [0.15, 0.2) is 48.5 Å². The van der Waals surface area contributed by atoms with E-state index >= 15 is 0 Å². The van der Waals surface area contributed by atoms with E-state index in [1.807, 2.05) is 6.07 Å². The molecule has 2 aromatic rings. The van der Waals surface area contributed by atoms with Crippen molar-refractivity contribution in [1.82, 2.24) is 5.32 Å². The van der Waals surface area contributed by atoms with Crippen LogP contribution in [-0.2, 0) is 11.4 Å². The molecule has 0 aliphatic carbocycles. The minimum atomic E-state index is -0.594. The fourth-order valence-corrected chi connectivity index (χ4v) is 2.47. The lowest BCUT2D eigenvalue weighted by Gasteiger charge is -2.18. The van der Waals surface area contributed by atoms with Crippen molar-refractivity contribution in [1.29, 1.82) is 0 Å². The highest BCUT2D eigenvalue weighted by molar-refractivity contribution is 5.80. The molecule has 0 heterocycles. The summed E-state index contributed by atoms with van der Waals surface area (Å²) in [5, 5.41) is 12.1. The van der Waals surface area contributed by atoms with Crippen molar-refractivity contribution in [3.8, 4) is 5.75 Å². The van der Waals surface area contributed by atoms with Gasteiger partial charge in [0.2, 0.25) is 0 Å². The molecule has 0 aliphatic rings. The van der Waals surface area contributed by atoms with Gasteiger partial charge in [0, 0.05) is 6.54 Å². The van der Waals surface area contributed by atoms with Crippen molar-refractivity contribution in [2.24, 2.45) is 0 Å². The summed E-state index contributed by atoms with van der Waals surface area (Å²) in [6.45, 7) is 6.38. The standard InChI is InChI=1S/C20H25NO3/c1-14-6-4-8-18(10-14)15(2)12-21-20(23)16(3)24-19-9-5-7-17(11-19)13-22/h4-11,15-16,22H,12-13H2,1-3H3,(H,21,23). The van der Waals surface area contributed by atoms with Crippen LogP contribution in [0.1, 0.15) is 36.5 Å². The average molecular weight is 327 g/mol. The number of amides is 1. The second-order valence-electron chi connectivity index (χ2n) is 6.13. The first kappa shape index (κ1) is 18.0. The second-order valence-corrected chi connectivity index (χ2v) is 6.13. The summed E-state index contributed by atoms with van der Waals surface area (Å²) in [5.41, 5.74) is 3.18. The van der Waals surface area contributed by atoms with Gasteiger partial charge in [0.25, 0.3) is 5.91 Å². The van der Waals surface area contributed by atoms with Crippen LogP contribution < -0.4 is 10.1 Å². The lowest BCUT2D eigenvalue weighted by Crippen LogP contribution is -2.38. The minimum Gasteiger partial charge on any atom is -0.481 e. The number of hydrogen-bond donors (Lipinski definition) is 2. The monoisotopic (exact) mass is 327 g/mol. The molecule has 2 aromatic carbocycles. The van der Waals surface area contributed by atoms with Gasteiger partial charge in [-0.2, -0.15) is 0 Å². The largest absolute Gasteiger partial charge is 0.481 e. The Morgan fingerprint density at radius 3 is 2.62 bits per heavy atom. The van der Waals surface area contributed by atoms with Gasteiger partial charge in [-0.05, 0) is 43.0 Å². The molecule has 0 fully saturated rings. The number of aryl methyl sites for hydroxylation is 1. The van der Waals surface area contributed by atoms with Crippen molar-refractivity contribution in [2.75, 3.05) is 6.54 Å². The van der Waals surface area contributed by atoms with Gasteiger partial charge >= 0.3 is 0 Å². The van der Waals surface area contributed by atoms with E-state index in [1.165, 1.54) is 11.1 Å². The van der Waals surface area contributed by atoms with Gasteiger partial charge in [0.05, 0.1) is 6.61 Å². The number of carbonyl (C=O) groups excluding carboxylic acids is 1. The molecule has 0 saturated carbocycles. The molecule has 0 bridgehead atoms. The predicted molar refractivity (Wildman–Crippen MR) is 95.1 cm³/mol. The number of nitrogens with one attached hydrogen (secondary N) is 1. The van der Waals surface area contributed by atoms with Gasteiger partial charge in [0.15, 0.2) is 6.10 Å². The van der Waals surface area contributed by atoms with Crippen molar-refractivity contribution < 1.29 is 14.6 Å². The summed E-state index contributed by atoms with van der Waals surface area (Å²) in [7, 11) is 0. The predicted octanol–water partition coefficient (Wildman–Crippen LogP) is 3.17. The van der Waals surface area contributed by atoms with Crippen molar-refractivity contribution in [3.63, 3.8) is 0 Å². The van der Waals surface area contributed by atoms with Crippen LogP contribution in [0.4, 0.5) is 0 Å². The van der Waals surface area contributed by atoms with E-state index in [1.54, 1.807) is 31.2 Å². The summed E-state index contributed by atoms with van der Waals surface area (Å²) < 4.78 is 5.65. The Kier molecular flexibility index (Phi) is 6.38. The van der Waals surface area contributed by atoms with Gasteiger partial charge in [-0.25, -0.2) is 0 Å². The van der Waals surface area contributed by atoms with Crippen molar-refractivity contribution in [2.45, 2.75) is 39.4 Å². The molecular formula is C20H25NO3. The van der Waals surface area contributed by atoms with Crippen LogP contribution >= 0.6 is 0 Å². The number of aliphatic hydroxyl groups excluding tert-OH is 1. The molecule has 0 saturated heterocycles. The van der Waals surface area contributed by atoms with Gasteiger partial charge < -0.3 is 15.2 Å². The molecule has 0 aromatic heterocycles. The highest BCUT2D eigenvalue weighted by atomic mass is 16.5. The SMILES string of the molecule is Cc1cccc(C(C)CNC(=O)C(C)Oc2cccc(CO)c2)c1. The highest BCUT2D eigenvalue weighted by Crippen LogP contribution is 2.17. The summed E-state index contributed by atoms with van der Waals surface area (Å²) in [5.74, 6) is 0.665. The molecule has 2 unspecified atom stereocenters. The molecule has 24 heavy (non-hydrogen) atoms. The van der Waals surface area contributed by atoms with E-state index in [0.717, 1.165) is 5.56 Å². The molecule has 128 valence electrons. The van der Waals surface area contributed by atoms with E-state index in [9.17, 15) is 4.79 Å². The van der Waals surface area contributed by atoms with Gasteiger partial charge in [-0.1, -0.05) is 48.9 Å². The first-order chi connectivity index (χ1) is 11.5. The van der Waals surface area contributed by atoms with Crippen LogP contribution in [0.5, 0.6) is 5.75 Å². The van der Waals surface area contributed by atoms with Crippen LogP contribution in [0.3, 0.4) is 0 Å². The molecule has 4 heteroatoms. The van der Waals surface area contributed by atoms with Crippen LogP contribution in [0.2, 0.25) is 0 Å². The third kappa shape index (κ3) is 5.10.